The summed E-state index contributed by atoms with van der Waals surface area (Å²) in [5, 5.41) is 0. The molecule has 2 aromatic rings. The average Bonchev–Trinajstić information content (AvgIpc) is 2.55. The second-order valence-electron chi connectivity index (χ2n) is 6.29. The highest BCUT2D eigenvalue weighted by Crippen LogP contribution is 2.29. The molecule has 4 nitrogen and oxygen atoms in total. The van der Waals surface area contributed by atoms with Crippen LogP contribution in [0.3, 0.4) is 0 Å². The molecule has 0 aliphatic carbocycles. The van der Waals surface area contributed by atoms with Crippen LogP contribution in [0.4, 0.5) is 5.69 Å². The van der Waals surface area contributed by atoms with Crippen LogP contribution in [0.15, 0.2) is 33.7 Å². The molecule has 0 saturated heterocycles. The highest BCUT2D eigenvalue weighted by atomic mass is 79.9. The first kappa shape index (κ1) is 19.4. The highest BCUT2D eigenvalue weighted by Gasteiger charge is 2.08. The van der Waals surface area contributed by atoms with Crippen molar-refractivity contribution in [2.45, 2.75) is 34.1 Å². The van der Waals surface area contributed by atoms with Gasteiger partial charge in [-0.3, -0.25) is 0 Å². The molecule has 0 N–H and O–H groups in total. The number of ether oxygens (including phenoxy) is 1. The first-order valence-electron chi connectivity index (χ1n) is 8.50. The Bertz CT molecular complexity index is 739. The fraction of sp³-hybridized carbons (Fsp3) is 0.400. The standard InChI is InChI=1S/C20H26BrN3O/c1-6-24(5)13-22-19-12-18(21)20(23-16(19)4)25-8-7-17-10-14(2)9-15(3)11-17/h9-13H,6-8H2,1-5H3. The third-order valence-electron chi connectivity index (χ3n) is 3.91. The summed E-state index contributed by atoms with van der Waals surface area (Å²) in [7, 11) is 1.99. The molecule has 0 aliphatic heterocycles. The van der Waals surface area contributed by atoms with Gasteiger partial charge in [0.25, 0.3) is 0 Å². The van der Waals surface area contributed by atoms with Crippen molar-refractivity contribution in [1.29, 1.82) is 0 Å². The van der Waals surface area contributed by atoms with E-state index in [2.05, 4.69) is 64.9 Å². The maximum Gasteiger partial charge on any atom is 0.228 e. The van der Waals surface area contributed by atoms with E-state index < -0.39 is 0 Å². The molecule has 1 aromatic carbocycles. The van der Waals surface area contributed by atoms with E-state index in [4.69, 9.17) is 4.74 Å². The first-order valence-corrected chi connectivity index (χ1v) is 9.30. The SMILES string of the molecule is CCN(C)C=Nc1cc(Br)c(OCCc2cc(C)cc(C)c2)nc1C. The van der Waals surface area contributed by atoms with Gasteiger partial charge in [-0.2, -0.15) is 0 Å². The van der Waals surface area contributed by atoms with Crippen LogP contribution in [0, 0.1) is 20.8 Å². The predicted molar refractivity (Wildman–Crippen MR) is 108 cm³/mol. The van der Waals surface area contributed by atoms with E-state index in [1.165, 1.54) is 16.7 Å². The Morgan fingerprint density at radius 2 is 1.84 bits per heavy atom. The Hall–Kier alpha value is -1.88. The van der Waals surface area contributed by atoms with Crippen LogP contribution in [-0.2, 0) is 6.42 Å². The Morgan fingerprint density at radius 1 is 1.16 bits per heavy atom. The number of benzene rings is 1. The van der Waals surface area contributed by atoms with Crippen molar-refractivity contribution in [3.63, 3.8) is 0 Å². The molecular formula is C20H26BrN3O. The van der Waals surface area contributed by atoms with Crippen molar-refractivity contribution in [2.24, 2.45) is 4.99 Å². The lowest BCUT2D eigenvalue weighted by atomic mass is 10.1. The van der Waals surface area contributed by atoms with Gasteiger partial charge in [0.2, 0.25) is 5.88 Å². The summed E-state index contributed by atoms with van der Waals surface area (Å²) in [5.74, 6) is 0.615. The number of aliphatic imine (C=N–C) groups is 1. The third kappa shape index (κ3) is 5.85. The van der Waals surface area contributed by atoms with E-state index in [0.29, 0.717) is 12.5 Å². The number of hydrogen-bond donors (Lipinski definition) is 0. The molecule has 5 heteroatoms. The lowest BCUT2D eigenvalue weighted by Gasteiger charge is -2.11. The van der Waals surface area contributed by atoms with Crippen LogP contribution in [0.5, 0.6) is 5.88 Å². The monoisotopic (exact) mass is 403 g/mol. The van der Waals surface area contributed by atoms with Crippen LogP contribution >= 0.6 is 15.9 Å². The second-order valence-corrected chi connectivity index (χ2v) is 7.15. The quantitative estimate of drug-likeness (QED) is 0.481. The molecule has 0 saturated carbocycles. The zero-order chi connectivity index (χ0) is 18.4. The summed E-state index contributed by atoms with van der Waals surface area (Å²) in [5.41, 5.74) is 5.54. The van der Waals surface area contributed by atoms with Gasteiger partial charge in [0.05, 0.1) is 28.8 Å². The summed E-state index contributed by atoms with van der Waals surface area (Å²) < 4.78 is 6.71. The Labute approximate surface area is 159 Å². The van der Waals surface area contributed by atoms with Crippen LogP contribution in [0.1, 0.15) is 29.3 Å². The second kappa shape index (κ2) is 8.99. The van der Waals surface area contributed by atoms with Crippen molar-refractivity contribution >= 4 is 28.0 Å². The van der Waals surface area contributed by atoms with Crippen LogP contribution in [0.2, 0.25) is 0 Å². The van der Waals surface area contributed by atoms with Crippen LogP contribution in [-0.4, -0.2) is 36.4 Å². The van der Waals surface area contributed by atoms with Crippen LogP contribution < -0.4 is 4.74 Å². The summed E-state index contributed by atoms with van der Waals surface area (Å²) in [4.78, 5) is 11.0. The van der Waals surface area contributed by atoms with Gasteiger partial charge in [-0.1, -0.05) is 29.3 Å². The van der Waals surface area contributed by atoms with Gasteiger partial charge in [0.15, 0.2) is 0 Å². The Balaban J connectivity index is 2.02. The fourth-order valence-corrected chi connectivity index (χ4v) is 2.92. The molecule has 1 aromatic heterocycles. The van der Waals surface area contributed by atoms with Crippen molar-refractivity contribution in [3.8, 4) is 5.88 Å². The molecule has 1 heterocycles. The number of aryl methyl sites for hydroxylation is 3. The molecule has 0 amide bonds. The minimum Gasteiger partial charge on any atom is -0.477 e. The molecule has 0 spiro atoms. The number of nitrogens with zero attached hydrogens (tertiary/aromatic N) is 3. The van der Waals surface area contributed by atoms with E-state index in [1.54, 1.807) is 0 Å². The zero-order valence-electron chi connectivity index (χ0n) is 15.6. The maximum absolute atomic E-state index is 5.88. The topological polar surface area (TPSA) is 37.7 Å². The van der Waals surface area contributed by atoms with E-state index in [0.717, 1.165) is 28.8 Å². The molecule has 2 rings (SSSR count). The highest BCUT2D eigenvalue weighted by molar-refractivity contribution is 9.10. The minimum atomic E-state index is 0.592. The Morgan fingerprint density at radius 3 is 2.48 bits per heavy atom. The van der Waals surface area contributed by atoms with E-state index in [-0.39, 0.29) is 0 Å². The Kier molecular flexibility index (Phi) is 7.00. The lowest BCUT2D eigenvalue weighted by molar-refractivity contribution is 0.307. The molecule has 0 fully saturated rings. The van der Waals surface area contributed by atoms with Crippen molar-refractivity contribution in [2.75, 3.05) is 20.2 Å². The number of pyridine rings is 1. The molecular weight excluding hydrogens is 378 g/mol. The van der Waals surface area contributed by atoms with E-state index >= 15 is 0 Å². The molecule has 0 unspecified atom stereocenters. The van der Waals surface area contributed by atoms with Gasteiger partial charge < -0.3 is 9.64 Å². The van der Waals surface area contributed by atoms with Crippen LogP contribution in [0.25, 0.3) is 0 Å². The predicted octanol–water partition coefficient (Wildman–Crippen LogP) is 5.00. The van der Waals surface area contributed by atoms with Crippen molar-refractivity contribution in [1.82, 2.24) is 9.88 Å². The van der Waals surface area contributed by atoms with Gasteiger partial charge in [-0.05, 0) is 55.3 Å². The zero-order valence-corrected chi connectivity index (χ0v) is 17.2. The van der Waals surface area contributed by atoms with Crippen molar-refractivity contribution in [3.05, 3.63) is 51.1 Å². The maximum atomic E-state index is 5.88. The minimum absolute atomic E-state index is 0.592. The lowest BCUT2D eigenvalue weighted by Crippen LogP contribution is -2.14. The van der Waals surface area contributed by atoms with Gasteiger partial charge >= 0.3 is 0 Å². The first-order chi connectivity index (χ1) is 11.9. The third-order valence-corrected chi connectivity index (χ3v) is 4.48. The molecule has 25 heavy (non-hydrogen) atoms. The van der Waals surface area contributed by atoms with Gasteiger partial charge in [0.1, 0.15) is 0 Å². The summed E-state index contributed by atoms with van der Waals surface area (Å²) in [6.07, 6.45) is 2.67. The number of aromatic nitrogens is 1. The number of halogens is 1. The average molecular weight is 404 g/mol. The summed E-state index contributed by atoms with van der Waals surface area (Å²) in [6, 6.07) is 8.54. The van der Waals surface area contributed by atoms with E-state index in [9.17, 15) is 0 Å². The summed E-state index contributed by atoms with van der Waals surface area (Å²) in [6.45, 7) is 9.77. The molecule has 0 bridgehead atoms. The summed E-state index contributed by atoms with van der Waals surface area (Å²) >= 11 is 3.54. The molecule has 0 radical (unpaired) electrons. The number of rotatable bonds is 7. The van der Waals surface area contributed by atoms with Gasteiger partial charge in [0, 0.05) is 20.0 Å². The smallest absolute Gasteiger partial charge is 0.228 e. The largest absolute Gasteiger partial charge is 0.477 e. The molecule has 134 valence electrons. The van der Waals surface area contributed by atoms with Gasteiger partial charge in [-0.25, -0.2) is 9.98 Å². The molecule has 0 aliphatic rings. The van der Waals surface area contributed by atoms with Gasteiger partial charge in [-0.15, -0.1) is 0 Å². The normalized spacial score (nSPS) is 11.1. The number of hydrogen-bond acceptors (Lipinski definition) is 3. The molecule has 0 atom stereocenters. The fourth-order valence-electron chi connectivity index (χ4n) is 2.50. The van der Waals surface area contributed by atoms with Crippen molar-refractivity contribution < 1.29 is 4.74 Å². The van der Waals surface area contributed by atoms with E-state index in [1.807, 2.05) is 31.3 Å².